The number of allylic oxidation sites excluding steroid dienone is 1. The topological polar surface area (TPSA) is 12.0 Å². The Hall–Kier alpha value is -0.300. The van der Waals surface area contributed by atoms with Crippen molar-refractivity contribution in [3.05, 3.63) is 18.2 Å². The highest BCUT2D eigenvalue weighted by molar-refractivity contribution is 5.22. The fraction of sp³-hybridized carbons (Fsp3) is 0.625. The molecule has 1 saturated heterocycles. The first kappa shape index (κ1) is 5.48. The molecule has 0 bridgehead atoms. The van der Waals surface area contributed by atoms with Crippen LogP contribution in [-0.4, -0.2) is 6.54 Å². The highest BCUT2D eigenvalue weighted by Gasteiger charge is 2.22. The Morgan fingerprint density at radius 3 is 3.56 bits per heavy atom. The molecule has 9 heavy (non-hydrogen) atoms. The molecule has 1 unspecified atom stereocenters. The van der Waals surface area contributed by atoms with Crippen LogP contribution in [0.2, 0.25) is 0 Å². The molecule has 0 amide bonds. The average molecular weight is 121 g/mol. The second kappa shape index (κ2) is 2.14. The molecule has 0 aromatic rings. The molecular formula is C8H11N. The minimum Gasteiger partial charge on any atom is -0.303 e. The highest BCUT2D eigenvalue weighted by atomic mass is 14.9. The largest absolute Gasteiger partial charge is 0.303 e. The van der Waals surface area contributed by atoms with E-state index in [0.29, 0.717) is 0 Å². The molecule has 1 aliphatic heterocycles. The molecule has 2 radical (unpaired) electrons. The number of fused-ring (bicyclic) bond motifs is 1. The van der Waals surface area contributed by atoms with E-state index in [2.05, 4.69) is 17.9 Å². The van der Waals surface area contributed by atoms with Gasteiger partial charge in [0.05, 0.1) is 6.54 Å². The Morgan fingerprint density at radius 2 is 2.67 bits per heavy atom. The van der Waals surface area contributed by atoms with Crippen LogP contribution < -0.4 is 5.32 Å². The van der Waals surface area contributed by atoms with Gasteiger partial charge < -0.3 is 5.32 Å². The van der Waals surface area contributed by atoms with Gasteiger partial charge >= 0.3 is 0 Å². The van der Waals surface area contributed by atoms with E-state index in [0.717, 1.165) is 12.5 Å². The summed E-state index contributed by atoms with van der Waals surface area (Å²) in [5, 5.41) is 3.15. The first-order valence-electron chi connectivity index (χ1n) is 3.66. The maximum Gasteiger partial charge on any atom is 0.0890 e. The number of nitrogens with one attached hydrogen (secondary N) is 1. The fourth-order valence-corrected chi connectivity index (χ4v) is 1.59. The van der Waals surface area contributed by atoms with Crippen LogP contribution in [0.4, 0.5) is 0 Å². The molecule has 1 heterocycles. The van der Waals surface area contributed by atoms with Crippen LogP contribution >= 0.6 is 0 Å². The molecule has 1 fully saturated rings. The fourth-order valence-electron chi connectivity index (χ4n) is 1.59. The smallest absolute Gasteiger partial charge is 0.0890 e. The predicted molar refractivity (Wildman–Crippen MR) is 36.7 cm³/mol. The standard InChI is InChI=1S/C8H11N/c1-2-4-8-6-9-5-7(8)3-1/h3,8-9H,1-2,4,6H2. The van der Waals surface area contributed by atoms with Gasteiger partial charge in [0.1, 0.15) is 0 Å². The van der Waals surface area contributed by atoms with Gasteiger partial charge in [0, 0.05) is 6.54 Å². The van der Waals surface area contributed by atoms with Crippen molar-refractivity contribution in [1.82, 2.24) is 5.32 Å². The van der Waals surface area contributed by atoms with Crippen LogP contribution in [0.3, 0.4) is 0 Å². The Kier molecular flexibility index (Phi) is 1.31. The monoisotopic (exact) mass is 121 g/mol. The van der Waals surface area contributed by atoms with Crippen LogP contribution in [0.5, 0.6) is 0 Å². The maximum absolute atomic E-state index is 3.17. The molecule has 0 aromatic carbocycles. The summed E-state index contributed by atoms with van der Waals surface area (Å²) in [6.07, 6.45) is 6.32. The summed E-state index contributed by atoms with van der Waals surface area (Å²) >= 11 is 0. The van der Waals surface area contributed by atoms with Gasteiger partial charge in [-0.1, -0.05) is 6.08 Å². The Bertz CT molecular complexity index is 138. The molecule has 1 heteroatoms. The van der Waals surface area contributed by atoms with Gasteiger partial charge in [-0.3, -0.25) is 0 Å². The summed E-state index contributed by atoms with van der Waals surface area (Å²) in [6.45, 7) is 4.30. The first-order chi connectivity index (χ1) is 4.47. The van der Waals surface area contributed by atoms with Crippen molar-refractivity contribution in [3.8, 4) is 0 Å². The second-order valence-electron chi connectivity index (χ2n) is 2.79. The second-order valence-corrected chi connectivity index (χ2v) is 2.79. The van der Waals surface area contributed by atoms with Gasteiger partial charge in [0.2, 0.25) is 0 Å². The third kappa shape index (κ3) is 0.897. The normalized spacial score (nSPS) is 33.8. The third-order valence-electron chi connectivity index (χ3n) is 2.14. The lowest BCUT2D eigenvalue weighted by molar-refractivity contribution is 0.546. The lowest BCUT2D eigenvalue weighted by Gasteiger charge is -2.14. The zero-order chi connectivity index (χ0) is 6.10. The van der Waals surface area contributed by atoms with Gasteiger partial charge in [0.25, 0.3) is 0 Å². The summed E-state index contributed by atoms with van der Waals surface area (Å²) in [7, 11) is 0. The average Bonchev–Trinajstić information content (AvgIpc) is 2.33. The summed E-state index contributed by atoms with van der Waals surface area (Å²) in [6, 6.07) is 0. The van der Waals surface area contributed by atoms with Gasteiger partial charge in [0.15, 0.2) is 0 Å². The number of rotatable bonds is 0. The van der Waals surface area contributed by atoms with E-state index in [1.54, 1.807) is 0 Å². The van der Waals surface area contributed by atoms with Crippen LogP contribution in [0, 0.1) is 12.5 Å². The Labute approximate surface area is 56.1 Å². The van der Waals surface area contributed by atoms with Crippen molar-refractivity contribution in [1.29, 1.82) is 0 Å². The van der Waals surface area contributed by atoms with Crippen molar-refractivity contribution in [2.75, 3.05) is 6.54 Å². The predicted octanol–water partition coefficient (Wildman–Crippen LogP) is 1.35. The molecule has 2 rings (SSSR count). The molecule has 1 atom stereocenters. The SMILES string of the molecule is [C]1NCC2CCCC=C12. The van der Waals surface area contributed by atoms with E-state index in [4.69, 9.17) is 0 Å². The molecule has 0 saturated carbocycles. The third-order valence-corrected chi connectivity index (χ3v) is 2.14. The zero-order valence-corrected chi connectivity index (χ0v) is 5.48. The van der Waals surface area contributed by atoms with Crippen molar-refractivity contribution in [2.45, 2.75) is 19.3 Å². The molecule has 48 valence electrons. The van der Waals surface area contributed by atoms with Crippen molar-refractivity contribution < 1.29 is 0 Å². The van der Waals surface area contributed by atoms with Crippen LogP contribution in [0.25, 0.3) is 0 Å². The lowest BCUT2D eigenvalue weighted by Crippen LogP contribution is -2.08. The summed E-state index contributed by atoms with van der Waals surface area (Å²) in [4.78, 5) is 0. The lowest BCUT2D eigenvalue weighted by atomic mass is 9.91. The Balaban J connectivity index is 2.16. The van der Waals surface area contributed by atoms with Crippen molar-refractivity contribution >= 4 is 0 Å². The molecule has 2 aliphatic rings. The molecule has 0 spiro atoms. The van der Waals surface area contributed by atoms with Gasteiger partial charge in [-0.15, -0.1) is 0 Å². The summed E-state index contributed by atoms with van der Waals surface area (Å²) in [5.41, 5.74) is 1.43. The van der Waals surface area contributed by atoms with Crippen LogP contribution in [0.1, 0.15) is 19.3 Å². The van der Waals surface area contributed by atoms with Crippen molar-refractivity contribution in [2.24, 2.45) is 5.92 Å². The molecule has 1 nitrogen and oxygen atoms in total. The molecule has 1 N–H and O–H groups in total. The summed E-state index contributed by atoms with van der Waals surface area (Å²) in [5.74, 6) is 0.804. The van der Waals surface area contributed by atoms with Crippen LogP contribution in [-0.2, 0) is 0 Å². The van der Waals surface area contributed by atoms with E-state index in [1.165, 1.54) is 24.8 Å². The minimum atomic E-state index is 0.804. The van der Waals surface area contributed by atoms with Gasteiger partial charge in [-0.05, 0) is 30.8 Å². The van der Waals surface area contributed by atoms with Gasteiger partial charge in [-0.25, -0.2) is 0 Å². The van der Waals surface area contributed by atoms with Crippen LogP contribution in [0.15, 0.2) is 11.6 Å². The molecule has 0 aromatic heterocycles. The first-order valence-corrected chi connectivity index (χ1v) is 3.66. The zero-order valence-electron chi connectivity index (χ0n) is 5.48. The minimum absolute atomic E-state index is 0.804. The Morgan fingerprint density at radius 1 is 1.67 bits per heavy atom. The van der Waals surface area contributed by atoms with E-state index in [-0.39, 0.29) is 0 Å². The number of hydrogen-bond donors (Lipinski definition) is 1. The van der Waals surface area contributed by atoms with E-state index in [9.17, 15) is 0 Å². The van der Waals surface area contributed by atoms with Gasteiger partial charge in [-0.2, -0.15) is 0 Å². The molecular weight excluding hydrogens is 110 g/mol. The molecule has 1 aliphatic carbocycles. The maximum atomic E-state index is 3.17. The van der Waals surface area contributed by atoms with Crippen molar-refractivity contribution in [3.63, 3.8) is 0 Å². The van der Waals surface area contributed by atoms with E-state index < -0.39 is 0 Å². The quantitative estimate of drug-likeness (QED) is 0.510. The van der Waals surface area contributed by atoms with E-state index >= 15 is 0 Å². The highest BCUT2D eigenvalue weighted by Crippen LogP contribution is 2.28. The number of hydrogen-bond acceptors (Lipinski definition) is 1. The van der Waals surface area contributed by atoms with E-state index in [1.807, 2.05) is 0 Å². The summed E-state index contributed by atoms with van der Waals surface area (Å²) < 4.78 is 0.